The second-order valence-corrected chi connectivity index (χ2v) is 6.81. The molecule has 1 amide bonds. The van der Waals surface area contributed by atoms with Crippen LogP contribution in [0, 0.1) is 5.92 Å². The zero-order valence-corrected chi connectivity index (χ0v) is 15.3. The topological polar surface area (TPSA) is 64.3 Å². The predicted molar refractivity (Wildman–Crippen MR) is 103 cm³/mol. The van der Waals surface area contributed by atoms with Crippen molar-refractivity contribution in [3.63, 3.8) is 0 Å². The summed E-state index contributed by atoms with van der Waals surface area (Å²) in [4.78, 5) is 12.2. The van der Waals surface area contributed by atoms with Gasteiger partial charge in [0.2, 0.25) is 5.91 Å². The lowest BCUT2D eigenvalue weighted by Crippen LogP contribution is -2.28. The lowest BCUT2D eigenvalue weighted by molar-refractivity contribution is -0.121. The van der Waals surface area contributed by atoms with Crippen LogP contribution in [0.2, 0.25) is 0 Å². The van der Waals surface area contributed by atoms with E-state index in [-0.39, 0.29) is 11.9 Å². The largest absolute Gasteiger partial charge is 0.494 e. The number of ether oxygens (including phenoxy) is 1. The molecule has 1 unspecified atom stereocenters. The molecule has 0 fully saturated rings. The summed E-state index contributed by atoms with van der Waals surface area (Å²) < 4.78 is 5.72. The molecule has 0 bridgehead atoms. The Kier molecular flexibility index (Phi) is 6.87. The SMILES string of the molecule is CC(C)CCOc1ccc(C(C)NC(=O)Cc2ccc(N)cc2)cc1. The minimum absolute atomic E-state index is 0.00506. The molecule has 0 aliphatic heterocycles. The third-order valence-corrected chi connectivity index (χ3v) is 4.07. The monoisotopic (exact) mass is 340 g/mol. The molecule has 0 spiro atoms. The predicted octanol–water partition coefficient (Wildman–Crippen LogP) is 4.11. The van der Waals surface area contributed by atoms with Gasteiger partial charge in [-0.2, -0.15) is 0 Å². The summed E-state index contributed by atoms with van der Waals surface area (Å²) >= 11 is 0. The van der Waals surface area contributed by atoms with Crippen molar-refractivity contribution >= 4 is 11.6 Å². The molecular formula is C21H28N2O2. The van der Waals surface area contributed by atoms with Crippen LogP contribution in [0.25, 0.3) is 0 Å². The highest BCUT2D eigenvalue weighted by molar-refractivity contribution is 5.79. The van der Waals surface area contributed by atoms with E-state index in [1.807, 2.05) is 55.5 Å². The maximum Gasteiger partial charge on any atom is 0.224 e. The third kappa shape index (κ3) is 6.49. The van der Waals surface area contributed by atoms with Crippen molar-refractivity contribution in [3.8, 4) is 5.75 Å². The first-order valence-electron chi connectivity index (χ1n) is 8.80. The van der Waals surface area contributed by atoms with E-state index in [2.05, 4.69) is 19.2 Å². The van der Waals surface area contributed by atoms with Crippen LogP contribution >= 0.6 is 0 Å². The molecule has 0 aliphatic rings. The van der Waals surface area contributed by atoms with Crippen LogP contribution in [0.1, 0.15) is 44.4 Å². The number of hydrogen-bond donors (Lipinski definition) is 2. The zero-order chi connectivity index (χ0) is 18.2. The average Bonchev–Trinajstić information content (AvgIpc) is 2.57. The average molecular weight is 340 g/mol. The number of nitrogens with one attached hydrogen (secondary N) is 1. The molecule has 0 radical (unpaired) electrons. The highest BCUT2D eigenvalue weighted by Crippen LogP contribution is 2.18. The summed E-state index contributed by atoms with van der Waals surface area (Å²) in [5.41, 5.74) is 8.37. The Labute approximate surface area is 150 Å². The van der Waals surface area contributed by atoms with Crippen LogP contribution in [0.4, 0.5) is 5.69 Å². The molecule has 0 saturated carbocycles. The fourth-order valence-electron chi connectivity index (χ4n) is 2.46. The molecule has 2 aromatic carbocycles. The van der Waals surface area contributed by atoms with E-state index in [1.54, 1.807) is 0 Å². The van der Waals surface area contributed by atoms with Gasteiger partial charge >= 0.3 is 0 Å². The van der Waals surface area contributed by atoms with Crippen LogP contribution in [-0.4, -0.2) is 12.5 Å². The number of benzene rings is 2. The molecule has 25 heavy (non-hydrogen) atoms. The molecule has 134 valence electrons. The highest BCUT2D eigenvalue weighted by Gasteiger charge is 2.10. The molecule has 4 heteroatoms. The maximum atomic E-state index is 12.2. The standard InChI is InChI=1S/C21H28N2O2/c1-15(2)12-13-25-20-10-6-18(7-11-20)16(3)23-21(24)14-17-4-8-19(22)9-5-17/h4-11,15-16H,12-14,22H2,1-3H3,(H,23,24). The zero-order valence-electron chi connectivity index (χ0n) is 15.3. The van der Waals surface area contributed by atoms with E-state index in [0.717, 1.165) is 29.9 Å². The van der Waals surface area contributed by atoms with Crippen molar-refractivity contribution in [1.29, 1.82) is 0 Å². The van der Waals surface area contributed by atoms with E-state index >= 15 is 0 Å². The number of rotatable bonds is 8. The summed E-state index contributed by atoms with van der Waals surface area (Å²) in [7, 11) is 0. The number of hydrogen-bond acceptors (Lipinski definition) is 3. The highest BCUT2D eigenvalue weighted by atomic mass is 16.5. The summed E-state index contributed by atoms with van der Waals surface area (Å²) in [6, 6.07) is 15.2. The summed E-state index contributed by atoms with van der Waals surface area (Å²) in [6.07, 6.45) is 1.39. The van der Waals surface area contributed by atoms with Gasteiger partial charge in [0, 0.05) is 5.69 Å². The Morgan fingerprint density at radius 2 is 1.68 bits per heavy atom. The molecular weight excluding hydrogens is 312 g/mol. The van der Waals surface area contributed by atoms with Crippen molar-refractivity contribution in [2.24, 2.45) is 5.92 Å². The summed E-state index contributed by atoms with van der Waals surface area (Å²) in [5, 5.41) is 3.03. The number of nitrogens with two attached hydrogens (primary N) is 1. The molecule has 2 aromatic rings. The van der Waals surface area contributed by atoms with Gasteiger partial charge in [0.15, 0.2) is 0 Å². The van der Waals surface area contributed by atoms with Gasteiger partial charge in [0.1, 0.15) is 5.75 Å². The van der Waals surface area contributed by atoms with Crippen LogP contribution in [0.15, 0.2) is 48.5 Å². The van der Waals surface area contributed by atoms with Crippen molar-refractivity contribution in [1.82, 2.24) is 5.32 Å². The van der Waals surface area contributed by atoms with Crippen molar-refractivity contribution in [2.75, 3.05) is 12.3 Å². The van der Waals surface area contributed by atoms with E-state index < -0.39 is 0 Å². The Morgan fingerprint density at radius 1 is 1.04 bits per heavy atom. The van der Waals surface area contributed by atoms with Crippen molar-refractivity contribution in [2.45, 2.75) is 39.7 Å². The van der Waals surface area contributed by atoms with Gasteiger partial charge < -0.3 is 15.8 Å². The number of carbonyl (C=O) groups excluding carboxylic acids is 1. The van der Waals surface area contributed by atoms with Crippen molar-refractivity contribution in [3.05, 3.63) is 59.7 Å². The minimum atomic E-state index is -0.0500. The van der Waals surface area contributed by atoms with E-state index in [4.69, 9.17) is 10.5 Å². The van der Waals surface area contributed by atoms with Gasteiger partial charge in [-0.15, -0.1) is 0 Å². The first-order chi connectivity index (χ1) is 11.9. The molecule has 4 nitrogen and oxygen atoms in total. The van der Waals surface area contributed by atoms with E-state index in [9.17, 15) is 4.79 Å². The van der Waals surface area contributed by atoms with Crippen LogP contribution in [-0.2, 0) is 11.2 Å². The van der Waals surface area contributed by atoms with Gasteiger partial charge in [-0.3, -0.25) is 4.79 Å². The van der Waals surface area contributed by atoms with Gasteiger partial charge in [0.05, 0.1) is 19.1 Å². The lowest BCUT2D eigenvalue weighted by Gasteiger charge is -2.15. The normalized spacial score (nSPS) is 12.0. The lowest BCUT2D eigenvalue weighted by atomic mass is 10.1. The number of anilines is 1. The molecule has 0 aliphatic carbocycles. The number of carbonyl (C=O) groups is 1. The van der Waals surface area contributed by atoms with Gasteiger partial charge in [0.25, 0.3) is 0 Å². The second kappa shape index (κ2) is 9.11. The Bertz CT molecular complexity index is 663. The van der Waals surface area contributed by atoms with Crippen LogP contribution in [0.3, 0.4) is 0 Å². The first kappa shape index (κ1) is 18.8. The Morgan fingerprint density at radius 3 is 2.28 bits per heavy atom. The minimum Gasteiger partial charge on any atom is -0.494 e. The molecule has 1 atom stereocenters. The molecule has 0 aromatic heterocycles. The van der Waals surface area contributed by atoms with Gasteiger partial charge in [-0.1, -0.05) is 38.1 Å². The Hall–Kier alpha value is -2.49. The molecule has 2 rings (SSSR count). The fourth-order valence-corrected chi connectivity index (χ4v) is 2.46. The fraction of sp³-hybridized carbons (Fsp3) is 0.381. The maximum absolute atomic E-state index is 12.2. The van der Waals surface area contributed by atoms with Crippen LogP contribution < -0.4 is 15.8 Å². The summed E-state index contributed by atoms with van der Waals surface area (Å²) in [5.74, 6) is 1.50. The van der Waals surface area contributed by atoms with E-state index in [1.165, 1.54) is 0 Å². The quantitative estimate of drug-likeness (QED) is 0.711. The smallest absolute Gasteiger partial charge is 0.224 e. The second-order valence-electron chi connectivity index (χ2n) is 6.81. The van der Waals surface area contributed by atoms with Crippen molar-refractivity contribution < 1.29 is 9.53 Å². The number of nitrogen functional groups attached to an aromatic ring is 1. The molecule has 0 saturated heterocycles. The van der Waals surface area contributed by atoms with Gasteiger partial charge in [-0.25, -0.2) is 0 Å². The molecule has 3 N–H and O–H groups in total. The Balaban J connectivity index is 1.84. The van der Waals surface area contributed by atoms with Crippen LogP contribution in [0.5, 0.6) is 5.75 Å². The van der Waals surface area contributed by atoms with Gasteiger partial charge in [-0.05, 0) is 54.7 Å². The van der Waals surface area contributed by atoms with E-state index in [0.29, 0.717) is 18.0 Å². The number of amides is 1. The first-order valence-corrected chi connectivity index (χ1v) is 8.80. The molecule has 0 heterocycles. The summed E-state index contributed by atoms with van der Waals surface area (Å²) in [6.45, 7) is 7.07. The third-order valence-electron chi connectivity index (χ3n) is 4.07.